The van der Waals surface area contributed by atoms with Gasteiger partial charge in [0, 0.05) is 22.1 Å². The molecule has 0 heterocycles. The van der Waals surface area contributed by atoms with Crippen molar-refractivity contribution in [3.8, 4) is 11.5 Å². The summed E-state index contributed by atoms with van der Waals surface area (Å²) in [6.45, 7) is -0.165. The Bertz CT molecular complexity index is 1740. The lowest BCUT2D eigenvalue weighted by Crippen LogP contribution is -2.50. The van der Waals surface area contributed by atoms with Gasteiger partial charge in [-0.3, -0.25) is 9.59 Å². The van der Waals surface area contributed by atoms with E-state index in [0.717, 1.165) is 47.4 Å². The highest BCUT2D eigenvalue weighted by Crippen LogP contribution is 2.55. The lowest BCUT2D eigenvalue weighted by molar-refractivity contribution is -0.348. The van der Waals surface area contributed by atoms with Gasteiger partial charge in [0.1, 0.15) is 5.75 Å². The average molecular weight is 803 g/mol. The van der Waals surface area contributed by atoms with E-state index in [-0.39, 0.29) is 24.1 Å². The summed E-state index contributed by atoms with van der Waals surface area (Å²) in [5.74, 6) is -6.92. The first-order chi connectivity index (χ1) is 22.8. The van der Waals surface area contributed by atoms with Crippen LogP contribution in [0.4, 0.5) is 72.8 Å². The SMILES string of the molecule is O=C(Nc1c(Br)cc(C(F)(C(F)(F)F)C(F)(F)F)cc1OC(F)(F)F)c1cccc(N(CC2CC2)C(=O)c2ccc(OC(F)(F)F)cc2)c1F. The van der Waals surface area contributed by atoms with Crippen molar-refractivity contribution in [3.63, 3.8) is 0 Å². The number of benzene rings is 3. The highest BCUT2D eigenvalue weighted by molar-refractivity contribution is 9.10. The molecule has 3 aromatic carbocycles. The van der Waals surface area contributed by atoms with Gasteiger partial charge in [0.25, 0.3) is 11.8 Å². The molecule has 4 rings (SSSR count). The molecule has 3 aromatic rings. The quantitative estimate of drug-likeness (QED) is 0.219. The van der Waals surface area contributed by atoms with Gasteiger partial charge < -0.3 is 19.7 Å². The van der Waals surface area contributed by atoms with Crippen molar-refractivity contribution in [2.45, 2.75) is 43.6 Å². The predicted octanol–water partition coefficient (Wildman–Crippen LogP) is 9.98. The molecule has 6 nitrogen and oxygen atoms in total. The molecule has 1 aliphatic carbocycles. The Morgan fingerprint density at radius 2 is 1.36 bits per heavy atom. The van der Waals surface area contributed by atoms with Crippen LogP contribution in [-0.2, 0) is 5.67 Å². The minimum atomic E-state index is -6.74. The number of alkyl halides is 13. The average Bonchev–Trinajstić information content (AvgIpc) is 3.79. The second-order valence-corrected chi connectivity index (χ2v) is 11.4. The van der Waals surface area contributed by atoms with Crippen LogP contribution in [0.2, 0.25) is 0 Å². The van der Waals surface area contributed by atoms with Gasteiger partial charge in [-0.05, 0) is 83.2 Å². The highest BCUT2D eigenvalue weighted by atomic mass is 79.9. The van der Waals surface area contributed by atoms with Gasteiger partial charge in [0.15, 0.2) is 11.6 Å². The van der Waals surface area contributed by atoms with E-state index in [1.54, 1.807) is 5.32 Å². The van der Waals surface area contributed by atoms with Crippen molar-refractivity contribution in [2.75, 3.05) is 16.8 Å². The van der Waals surface area contributed by atoms with E-state index in [9.17, 15) is 66.7 Å². The molecule has 0 atom stereocenters. The molecule has 0 spiro atoms. The Morgan fingerprint density at radius 1 is 0.800 bits per heavy atom. The van der Waals surface area contributed by atoms with Crippen molar-refractivity contribution in [3.05, 3.63) is 81.6 Å². The number of amides is 2. The number of ether oxygens (including phenoxy) is 2. The Balaban J connectivity index is 1.73. The van der Waals surface area contributed by atoms with Crippen LogP contribution < -0.4 is 19.7 Å². The molecule has 1 fully saturated rings. The predicted molar refractivity (Wildman–Crippen MR) is 148 cm³/mol. The molecule has 0 aliphatic heterocycles. The van der Waals surface area contributed by atoms with Gasteiger partial charge in [-0.25, -0.2) is 8.78 Å². The van der Waals surface area contributed by atoms with Crippen LogP contribution >= 0.6 is 15.9 Å². The summed E-state index contributed by atoms with van der Waals surface area (Å²) in [7, 11) is 0. The van der Waals surface area contributed by atoms with E-state index in [1.165, 1.54) is 0 Å². The van der Waals surface area contributed by atoms with E-state index >= 15 is 4.39 Å². The number of halogens is 15. The normalized spacial score (nSPS) is 14.3. The van der Waals surface area contributed by atoms with E-state index < -0.39 is 92.9 Å². The van der Waals surface area contributed by atoms with E-state index in [0.29, 0.717) is 12.8 Å². The van der Waals surface area contributed by atoms with Gasteiger partial charge in [0.05, 0.1) is 16.9 Å². The first-order valence-corrected chi connectivity index (χ1v) is 14.3. The molecule has 1 N–H and O–H groups in total. The zero-order chi connectivity index (χ0) is 37.6. The first-order valence-electron chi connectivity index (χ1n) is 13.5. The fourth-order valence-corrected chi connectivity index (χ4v) is 5.02. The summed E-state index contributed by atoms with van der Waals surface area (Å²) < 4.78 is 194. The van der Waals surface area contributed by atoms with Crippen molar-refractivity contribution in [1.82, 2.24) is 0 Å². The number of nitrogens with zero attached hydrogens (tertiary/aromatic N) is 1. The Morgan fingerprint density at radius 3 is 1.86 bits per heavy atom. The molecule has 21 heteroatoms. The summed E-state index contributed by atoms with van der Waals surface area (Å²) >= 11 is 2.41. The standard InChI is InChI=1S/C29H17BrF14N2O4/c30-18-10-15(25(32,26(33,34)35)27(36,37)38)11-20(50-29(42,43)44)22(18)45-23(47)17-2-1-3-19(21(17)31)46(12-13-4-5-13)24(48)14-6-8-16(9-7-14)49-28(39,40)41/h1-3,6-11,13H,4-5,12H2,(H,45,47). The van der Waals surface area contributed by atoms with Crippen LogP contribution in [-0.4, -0.2) is 43.4 Å². The Labute approximate surface area is 279 Å². The first kappa shape index (κ1) is 38.5. The van der Waals surface area contributed by atoms with Gasteiger partial charge in [-0.2, -0.15) is 26.3 Å². The monoisotopic (exact) mass is 802 g/mol. The van der Waals surface area contributed by atoms with Crippen LogP contribution in [0.15, 0.2) is 59.1 Å². The topological polar surface area (TPSA) is 67.9 Å². The highest BCUT2D eigenvalue weighted by Gasteiger charge is 2.73. The van der Waals surface area contributed by atoms with E-state index in [1.807, 2.05) is 0 Å². The molecular weight excluding hydrogens is 786 g/mol. The van der Waals surface area contributed by atoms with Crippen LogP contribution in [0.25, 0.3) is 0 Å². The number of anilines is 2. The van der Waals surface area contributed by atoms with Gasteiger partial charge >= 0.3 is 30.7 Å². The molecule has 1 saturated carbocycles. The van der Waals surface area contributed by atoms with E-state index in [4.69, 9.17) is 0 Å². The van der Waals surface area contributed by atoms with Crippen LogP contribution in [0.3, 0.4) is 0 Å². The molecule has 0 unspecified atom stereocenters. The van der Waals surface area contributed by atoms with Crippen LogP contribution in [0, 0.1) is 11.7 Å². The summed E-state index contributed by atoms with van der Waals surface area (Å²) in [4.78, 5) is 27.4. The second kappa shape index (κ2) is 13.4. The van der Waals surface area contributed by atoms with Crippen molar-refractivity contribution >= 4 is 39.1 Å². The lowest BCUT2D eigenvalue weighted by Gasteiger charge is -2.31. The number of carbonyl (C=O) groups is 2. The lowest BCUT2D eigenvalue weighted by atomic mass is 9.93. The van der Waals surface area contributed by atoms with Gasteiger partial charge in [-0.1, -0.05) is 6.07 Å². The second-order valence-electron chi connectivity index (χ2n) is 10.6. The molecule has 1 aliphatic rings. The van der Waals surface area contributed by atoms with Crippen LogP contribution in [0.5, 0.6) is 11.5 Å². The molecule has 0 aromatic heterocycles. The molecule has 0 bridgehead atoms. The fourth-order valence-electron chi connectivity index (χ4n) is 4.48. The maximum absolute atomic E-state index is 15.9. The fraction of sp³-hybridized carbons (Fsp3) is 0.310. The molecule has 0 saturated heterocycles. The molecule has 272 valence electrons. The summed E-state index contributed by atoms with van der Waals surface area (Å²) in [5.41, 5.74) is -11.8. The van der Waals surface area contributed by atoms with Gasteiger partial charge in [0.2, 0.25) is 0 Å². The van der Waals surface area contributed by atoms with Crippen LogP contribution in [0.1, 0.15) is 39.1 Å². The molecule has 2 amide bonds. The number of carbonyl (C=O) groups excluding carboxylic acids is 2. The largest absolute Gasteiger partial charge is 0.573 e. The Hall–Kier alpha value is -4.30. The van der Waals surface area contributed by atoms with Crippen molar-refractivity contribution < 1.29 is 80.5 Å². The third kappa shape index (κ3) is 8.52. The third-order valence-corrected chi connectivity index (χ3v) is 7.55. The van der Waals surface area contributed by atoms with Crippen molar-refractivity contribution in [1.29, 1.82) is 0 Å². The maximum atomic E-state index is 15.9. The van der Waals surface area contributed by atoms with Crippen molar-refractivity contribution in [2.24, 2.45) is 5.92 Å². The third-order valence-electron chi connectivity index (χ3n) is 6.93. The summed E-state index contributed by atoms with van der Waals surface area (Å²) in [6.07, 6.45) is -23.2. The Kier molecular flexibility index (Phi) is 10.3. The molecular formula is C29H17BrF14N2O4. The van der Waals surface area contributed by atoms with Gasteiger partial charge in [-0.15, -0.1) is 26.3 Å². The summed E-state index contributed by atoms with van der Waals surface area (Å²) in [6, 6.07) is 5.43. The molecule has 50 heavy (non-hydrogen) atoms. The minimum absolute atomic E-state index is 0.165. The number of rotatable bonds is 9. The van der Waals surface area contributed by atoms with E-state index in [2.05, 4.69) is 25.4 Å². The zero-order valence-corrected chi connectivity index (χ0v) is 25.7. The number of nitrogens with one attached hydrogen (secondary N) is 1. The maximum Gasteiger partial charge on any atom is 0.573 e. The summed E-state index contributed by atoms with van der Waals surface area (Å²) in [5, 5.41) is 1.67. The number of hydrogen-bond donors (Lipinski definition) is 1. The number of hydrogen-bond acceptors (Lipinski definition) is 4. The minimum Gasteiger partial charge on any atom is -0.406 e. The zero-order valence-electron chi connectivity index (χ0n) is 24.1. The molecule has 0 radical (unpaired) electrons. The smallest absolute Gasteiger partial charge is 0.406 e.